The van der Waals surface area contributed by atoms with E-state index in [1.54, 1.807) is 7.11 Å². The average Bonchev–Trinajstić information content (AvgIpc) is 2.54. The maximum absolute atomic E-state index is 5.43. The Hall–Kier alpha value is -2.06. The molecule has 0 aromatic heterocycles. The summed E-state index contributed by atoms with van der Waals surface area (Å²) < 4.78 is 5.43. The zero-order valence-electron chi connectivity index (χ0n) is 15.6. The van der Waals surface area contributed by atoms with Gasteiger partial charge in [-0.15, -0.1) is 0 Å². The van der Waals surface area contributed by atoms with Crippen LogP contribution in [0.5, 0.6) is 5.75 Å². The molecule has 0 bridgehead atoms. The fourth-order valence-corrected chi connectivity index (χ4v) is 2.83. The summed E-state index contributed by atoms with van der Waals surface area (Å²) in [5.41, 5.74) is 5.03. The van der Waals surface area contributed by atoms with E-state index in [0.29, 0.717) is 0 Å². The van der Waals surface area contributed by atoms with Crippen molar-refractivity contribution in [2.24, 2.45) is 0 Å². The van der Waals surface area contributed by atoms with E-state index in [-0.39, 0.29) is 5.41 Å². The van der Waals surface area contributed by atoms with Crippen molar-refractivity contribution in [3.8, 4) is 5.75 Å². The average molecular weight is 323 g/mol. The van der Waals surface area contributed by atoms with Gasteiger partial charge in [0.15, 0.2) is 0 Å². The molecule has 24 heavy (non-hydrogen) atoms. The summed E-state index contributed by atoms with van der Waals surface area (Å²) in [6.07, 6.45) is 0. The number of ether oxygens (including phenoxy) is 1. The number of para-hydroxylation sites is 1. The van der Waals surface area contributed by atoms with Crippen LogP contribution in [0.4, 0.5) is 0 Å². The van der Waals surface area contributed by atoms with Crippen LogP contribution in [-0.2, 0) is 12.0 Å². The van der Waals surface area contributed by atoms with Crippen LogP contribution in [0.3, 0.4) is 0 Å². The molecule has 0 spiro atoms. The van der Waals surface area contributed by atoms with E-state index < -0.39 is 0 Å². The van der Waals surface area contributed by atoms with Gasteiger partial charge in [-0.25, -0.2) is 0 Å². The minimum absolute atomic E-state index is 0.197. The summed E-state index contributed by atoms with van der Waals surface area (Å²) in [6, 6.07) is 17.0. The standard InChI is InChI=1S/C22H29NO/c1-17(20-9-7-8-10-21(20)24-6)15-23(5)16-18-11-13-19(14-12-18)22(2,3)4/h7-14H,1,15-16H2,2-6H3. The second-order valence-electron chi connectivity index (χ2n) is 7.42. The number of methoxy groups -OCH3 is 1. The topological polar surface area (TPSA) is 12.5 Å². The van der Waals surface area contributed by atoms with Crippen molar-refractivity contribution in [1.82, 2.24) is 4.90 Å². The second-order valence-corrected chi connectivity index (χ2v) is 7.42. The summed E-state index contributed by atoms with van der Waals surface area (Å²) in [6.45, 7) is 12.7. The van der Waals surface area contributed by atoms with Gasteiger partial charge in [0.05, 0.1) is 7.11 Å². The smallest absolute Gasteiger partial charge is 0.126 e. The van der Waals surface area contributed by atoms with Crippen LogP contribution in [0, 0.1) is 0 Å². The fourth-order valence-electron chi connectivity index (χ4n) is 2.83. The SMILES string of the molecule is C=C(CN(C)Cc1ccc(C(C)(C)C)cc1)c1ccccc1OC. The molecule has 0 aliphatic carbocycles. The predicted octanol–water partition coefficient (Wildman–Crippen LogP) is 5.14. The van der Waals surface area contributed by atoms with E-state index >= 15 is 0 Å². The largest absolute Gasteiger partial charge is 0.496 e. The Morgan fingerprint density at radius 3 is 2.25 bits per heavy atom. The van der Waals surface area contributed by atoms with Crippen LogP contribution < -0.4 is 4.74 Å². The van der Waals surface area contributed by atoms with Crippen molar-refractivity contribution >= 4 is 5.57 Å². The van der Waals surface area contributed by atoms with Gasteiger partial charge in [-0.1, -0.05) is 69.8 Å². The summed E-state index contributed by atoms with van der Waals surface area (Å²) >= 11 is 0. The molecule has 0 amide bonds. The Kier molecular flexibility index (Phi) is 5.84. The summed E-state index contributed by atoms with van der Waals surface area (Å²) in [4.78, 5) is 2.28. The maximum Gasteiger partial charge on any atom is 0.126 e. The van der Waals surface area contributed by atoms with Crippen molar-refractivity contribution in [3.05, 3.63) is 71.8 Å². The molecule has 0 unspecified atom stereocenters. The molecule has 2 aromatic carbocycles. The molecule has 0 radical (unpaired) electrons. The van der Waals surface area contributed by atoms with Crippen LogP contribution in [0.2, 0.25) is 0 Å². The molecule has 0 saturated heterocycles. The Labute approximate surface area is 146 Å². The second kappa shape index (κ2) is 7.67. The molecule has 0 atom stereocenters. The third-order valence-electron chi connectivity index (χ3n) is 4.22. The number of hydrogen-bond donors (Lipinski definition) is 0. The molecule has 0 heterocycles. The van der Waals surface area contributed by atoms with Gasteiger partial charge >= 0.3 is 0 Å². The highest BCUT2D eigenvalue weighted by molar-refractivity contribution is 5.69. The van der Waals surface area contributed by atoms with Crippen molar-refractivity contribution in [3.63, 3.8) is 0 Å². The molecular weight excluding hydrogens is 294 g/mol. The van der Waals surface area contributed by atoms with Crippen LogP contribution >= 0.6 is 0 Å². The van der Waals surface area contributed by atoms with E-state index in [4.69, 9.17) is 4.74 Å². The van der Waals surface area contributed by atoms with Gasteiger partial charge in [0, 0.05) is 18.7 Å². The Balaban J connectivity index is 2.00. The van der Waals surface area contributed by atoms with E-state index in [0.717, 1.165) is 30.0 Å². The Morgan fingerprint density at radius 2 is 1.67 bits per heavy atom. The number of likely N-dealkylation sites (N-methyl/N-ethyl adjacent to an activating group) is 1. The monoisotopic (exact) mass is 323 g/mol. The highest BCUT2D eigenvalue weighted by atomic mass is 16.5. The third-order valence-corrected chi connectivity index (χ3v) is 4.22. The zero-order chi connectivity index (χ0) is 17.7. The van der Waals surface area contributed by atoms with Gasteiger partial charge in [0.1, 0.15) is 5.75 Å². The number of hydrogen-bond acceptors (Lipinski definition) is 2. The summed E-state index contributed by atoms with van der Waals surface area (Å²) in [7, 11) is 3.82. The molecule has 128 valence electrons. The lowest BCUT2D eigenvalue weighted by Gasteiger charge is -2.21. The van der Waals surface area contributed by atoms with E-state index in [1.807, 2.05) is 18.2 Å². The number of rotatable bonds is 6. The predicted molar refractivity (Wildman–Crippen MR) is 104 cm³/mol. The lowest BCUT2D eigenvalue weighted by molar-refractivity contribution is 0.367. The quantitative estimate of drug-likeness (QED) is 0.730. The third kappa shape index (κ3) is 4.72. The first-order chi connectivity index (χ1) is 11.3. The van der Waals surface area contributed by atoms with Gasteiger partial charge in [-0.3, -0.25) is 4.90 Å². The molecule has 0 N–H and O–H groups in total. The van der Waals surface area contributed by atoms with E-state index in [1.165, 1.54) is 11.1 Å². The van der Waals surface area contributed by atoms with Gasteiger partial charge < -0.3 is 4.74 Å². The van der Waals surface area contributed by atoms with Gasteiger partial charge in [-0.2, -0.15) is 0 Å². The normalized spacial score (nSPS) is 11.6. The fraction of sp³-hybridized carbons (Fsp3) is 0.364. The van der Waals surface area contributed by atoms with Crippen LogP contribution in [0.25, 0.3) is 5.57 Å². The Bertz CT molecular complexity index is 680. The molecule has 2 aromatic rings. The first-order valence-corrected chi connectivity index (χ1v) is 8.40. The highest BCUT2D eigenvalue weighted by Gasteiger charge is 2.13. The number of benzene rings is 2. The zero-order valence-corrected chi connectivity index (χ0v) is 15.6. The van der Waals surface area contributed by atoms with Gasteiger partial charge in [0.2, 0.25) is 0 Å². The van der Waals surface area contributed by atoms with Gasteiger partial charge in [0.25, 0.3) is 0 Å². The van der Waals surface area contributed by atoms with Crippen molar-refractivity contribution in [2.45, 2.75) is 32.7 Å². The molecule has 0 fully saturated rings. The molecule has 0 aliphatic rings. The lowest BCUT2D eigenvalue weighted by Crippen LogP contribution is -2.20. The first-order valence-electron chi connectivity index (χ1n) is 8.40. The highest BCUT2D eigenvalue weighted by Crippen LogP contribution is 2.26. The molecule has 2 rings (SSSR count). The lowest BCUT2D eigenvalue weighted by atomic mass is 9.87. The molecule has 2 nitrogen and oxygen atoms in total. The molecular formula is C22H29NO. The van der Waals surface area contributed by atoms with Crippen molar-refractivity contribution in [2.75, 3.05) is 20.7 Å². The summed E-state index contributed by atoms with van der Waals surface area (Å²) in [5.74, 6) is 0.880. The van der Waals surface area contributed by atoms with E-state index in [2.05, 4.69) is 69.6 Å². The summed E-state index contributed by atoms with van der Waals surface area (Å²) in [5, 5.41) is 0. The van der Waals surface area contributed by atoms with E-state index in [9.17, 15) is 0 Å². The minimum Gasteiger partial charge on any atom is -0.496 e. The molecule has 0 saturated carbocycles. The van der Waals surface area contributed by atoms with Crippen LogP contribution in [0.1, 0.15) is 37.5 Å². The van der Waals surface area contributed by atoms with Gasteiger partial charge in [-0.05, 0) is 35.2 Å². The van der Waals surface area contributed by atoms with Crippen molar-refractivity contribution in [1.29, 1.82) is 0 Å². The Morgan fingerprint density at radius 1 is 1.04 bits per heavy atom. The van der Waals surface area contributed by atoms with Crippen molar-refractivity contribution < 1.29 is 4.74 Å². The molecule has 0 aliphatic heterocycles. The van der Waals surface area contributed by atoms with Crippen LogP contribution in [-0.4, -0.2) is 25.6 Å². The molecule has 2 heteroatoms. The number of nitrogens with zero attached hydrogens (tertiary/aromatic N) is 1. The first kappa shape index (κ1) is 18.3. The minimum atomic E-state index is 0.197. The maximum atomic E-state index is 5.43. The van der Waals surface area contributed by atoms with Crippen LogP contribution in [0.15, 0.2) is 55.1 Å².